The highest BCUT2D eigenvalue weighted by molar-refractivity contribution is 6.14. The molecule has 0 aliphatic heterocycles. The minimum Gasteiger partial charge on any atom is -0.456 e. The molecule has 4 aromatic heterocycles. The molecule has 0 radical (unpaired) electrons. The summed E-state index contributed by atoms with van der Waals surface area (Å²) in [7, 11) is 0. The lowest BCUT2D eigenvalue weighted by Gasteiger charge is -2.26. The molecule has 0 aliphatic rings. The van der Waals surface area contributed by atoms with E-state index in [4.69, 9.17) is 28.2 Å². The molecule has 0 aliphatic carbocycles. The molecule has 7 heteroatoms. The monoisotopic (exact) mass is 746 g/mol. The summed E-state index contributed by atoms with van der Waals surface area (Å²) < 4.78 is 19.4. The third-order valence-electron chi connectivity index (χ3n) is 10.9. The third-order valence-corrected chi connectivity index (χ3v) is 10.9. The Hall–Kier alpha value is -8.03. The second-order valence-electron chi connectivity index (χ2n) is 14.4. The average molecular weight is 747 g/mol. The molecular weight excluding hydrogens is 717 g/mol. The van der Waals surface area contributed by atoms with Gasteiger partial charge >= 0.3 is 0 Å². The SMILES string of the molecule is c1ccc(-c2nc(-c3cccc4oc5ccccc5c34)nc(-c3cc(N(c4ccccc4)c4ccc5c(c4)oc4ccccc45)cc4oc5ccccc5c34)n2)cc1. The summed E-state index contributed by atoms with van der Waals surface area (Å²) in [6.07, 6.45) is 0. The maximum absolute atomic E-state index is 6.68. The largest absolute Gasteiger partial charge is 0.456 e. The van der Waals surface area contributed by atoms with Crippen LogP contribution in [0.2, 0.25) is 0 Å². The summed E-state index contributed by atoms with van der Waals surface area (Å²) >= 11 is 0. The van der Waals surface area contributed by atoms with E-state index >= 15 is 0 Å². The fourth-order valence-corrected chi connectivity index (χ4v) is 8.32. The van der Waals surface area contributed by atoms with Gasteiger partial charge in [-0.3, -0.25) is 0 Å². The number of furan rings is 3. The normalized spacial score (nSPS) is 11.8. The second-order valence-corrected chi connectivity index (χ2v) is 14.4. The second kappa shape index (κ2) is 12.8. The van der Waals surface area contributed by atoms with Gasteiger partial charge in [0.2, 0.25) is 0 Å². The zero-order chi connectivity index (χ0) is 38.2. The summed E-state index contributed by atoms with van der Waals surface area (Å²) in [4.78, 5) is 18.0. The maximum Gasteiger partial charge on any atom is 0.164 e. The van der Waals surface area contributed by atoms with Gasteiger partial charge in [-0.2, -0.15) is 0 Å². The van der Waals surface area contributed by atoms with E-state index in [0.29, 0.717) is 23.1 Å². The molecule has 7 nitrogen and oxygen atoms in total. The van der Waals surface area contributed by atoms with Gasteiger partial charge in [0.1, 0.15) is 33.5 Å². The smallest absolute Gasteiger partial charge is 0.164 e. The van der Waals surface area contributed by atoms with Crippen LogP contribution in [-0.2, 0) is 0 Å². The van der Waals surface area contributed by atoms with Crippen molar-refractivity contribution in [1.29, 1.82) is 0 Å². The standard InChI is InChI=1S/C51H30N4O3/c1-3-14-31(15-4-1)49-52-50(39-21-13-25-44-47(39)37-19-8-11-23-42(37)56-44)54-51(53-49)40-28-34(30-46-48(40)38-20-9-12-24-43(38)58-46)55(32-16-5-2-6-17-32)33-26-27-36-35-18-7-10-22-41(35)57-45(36)29-33/h1-30H. The first-order valence-electron chi connectivity index (χ1n) is 19.2. The number of aromatic nitrogens is 3. The highest BCUT2D eigenvalue weighted by atomic mass is 16.3. The van der Waals surface area contributed by atoms with Gasteiger partial charge in [0, 0.05) is 72.5 Å². The van der Waals surface area contributed by atoms with Crippen molar-refractivity contribution in [2.45, 2.75) is 0 Å². The highest BCUT2D eigenvalue weighted by Gasteiger charge is 2.24. The maximum atomic E-state index is 6.68. The third kappa shape index (κ3) is 5.11. The van der Waals surface area contributed by atoms with E-state index in [9.17, 15) is 0 Å². The molecule has 12 aromatic rings. The molecule has 0 saturated carbocycles. The van der Waals surface area contributed by atoms with Crippen molar-refractivity contribution in [3.05, 3.63) is 182 Å². The van der Waals surface area contributed by atoms with Gasteiger partial charge in [-0.25, -0.2) is 15.0 Å². The van der Waals surface area contributed by atoms with Crippen molar-refractivity contribution in [2.24, 2.45) is 0 Å². The quantitative estimate of drug-likeness (QED) is 0.168. The Morgan fingerprint density at radius 2 is 0.828 bits per heavy atom. The Morgan fingerprint density at radius 1 is 0.310 bits per heavy atom. The lowest BCUT2D eigenvalue weighted by atomic mass is 10.0. The molecule has 0 atom stereocenters. The number of rotatable bonds is 6. The van der Waals surface area contributed by atoms with E-state index in [2.05, 4.69) is 71.6 Å². The molecule has 0 N–H and O–H groups in total. The number of fused-ring (bicyclic) bond motifs is 9. The van der Waals surface area contributed by atoms with Crippen LogP contribution in [0.25, 0.3) is 100.0 Å². The fraction of sp³-hybridized carbons (Fsp3) is 0. The van der Waals surface area contributed by atoms with Crippen molar-refractivity contribution in [2.75, 3.05) is 4.90 Å². The molecule has 0 saturated heterocycles. The van der Waals surface area contributed by atoms with E-state index in [1.807, 2.05) is 115 Å². The first kappa shape index (κ1) is 32.2. The molecule has 12 rings (SSSR count). The van der Waals surface area contributed by atoms with Crippen LogP contribution in [0.1, 0.15) is 0 Å². The van der Waals surface area contributed by atoms with Gasteiger partial charge in [-0.15, -0.1) is 0 Å². The van der Waals surface area contributed by atoms with E-state index in [0.717, 1.165) is 94.0 Å². The predicted molar refractivity (Wildman–Crippen MR) is 233 cm³/mol. The van der Waals surface area contributed by atoms with Crippen molar-refractivity contribution < 1.29 is 13.3 Å². The van der Waals surface area contributed by atoms with Gasteiger partial charge in [-0.1, -0.05) is 115 Å². The van der Waals surface area contributed by atoms with Crippen LogP contribution in [0.15, 0.2) is 195 Å². The first-order chi connectivity index (χ1) is 28.7. The number of para-hydroxylation sites is 4. The van der Waals surface area contributed by atoms with E-state index in [1.165, 1.54) is 0 Å². The van der Waals surface area contributed by atoms with Crippen LogP contribution >= 0.6 is 0 Å². The number of benzene rings is 8. The van der Waals surface area contributed by atoms with Crippen molar-refractivity contribution in [3.63, 3.8) is 0 Å². The predicted octanol–water partition coefficient (Wildman–Crippen LogP) is 14.0. The molecule has 272 valence electrons. The van der Waals surface area contributed by atoms with Crippen molar-refractivity contribution >= 4 is 82.9 Å². The molecule has 0 amide bonds. The van der Waals surface area contributed by atoms with Crippen molar-refractivity contribution in [1.82, 2.24) is 15.0 Å². The zero-order valence-corrected chi connectivity index (χ0v) is 30.8. The van der Waals surface area contributed by atoms with Crippen LogP contribution in [-0.4, -0.2) is 15.0 Å². The first-order valence-corrected chi connectivity index (χ1v) is 19.2. The summed E-state index contributed by atoms with van der Waals surface area (Å²) in [5, 5.41) is 6.00. The van der Waals surface area contributed by atoms with Gasteiger partial charge in [0.05, 0.1) is 5.69 Å². The number of anilines is 3. The molecule has 0 fully saturated rings. The van der Waals surface area contributed by atoms with E-state index in [1.54, 1.807) is 0 Å². The van der Waals surface area contributed by atoms with Gasteiger partial charge < -0.3 is 18.2 Å². The van der Waals surface area contributed by atoms with Gasteiger partial charge in [0.25, 0.3) is 0 Å². The number of hydrogen-bond acceptors (Lipinski definition) is 7. The molecule has 4 heterocycles. The Morgan fingerprint density at radius 3 is 1.57 bits per heavy atom. The van der Waals surface area contributed by atoms with Crippen LogP contribution in [0.4, 0.5) is 17.1 Å². The van der Waals surface area contributed by atoms with E-state index < -0.39 is 0 Å². The molecule has 0 spiro atoms. The molecule has 58 heavy (non-hydrogen) atoms. The Kier molecular flexibility index (Phi) is 7.09. The average Bonchev–Trinajstić information content (AvgIpc) is 3.98. The van der Waals surface area contributed by atoms with Gasteiger partial charge in [-0.05, 0) is 54.6 Å². The molecule has 0 bridgehead atoms. The lowest BCUT2D eigenvalue weighted by molar-refractivity contribution is 0.668. The Bertz CT molecular complexity index is 3530. The topological polar surface area (TPSA) is 81.3 Å². The van der Waals surface area contributed by atoms with Crippen LogP contribution < -0.4 is 4.90 Å². The molecular formula is C51H30N4O3. The summed E-state index contributed by atoms with van der Waals surface area (Å²) in [5.41, 5.74) is 10.1. The highest BCUT2D eigenvalue weighted by Crippen LogP contribution is 2.45. The molecule has 0 unspecified atom stereocenters. The number of hydrogen-bond donors (Lipinski definition) is 0. The summed E-state index contributed by atoms with van der Waals surface area (Å²) in [6.45, 7) is 0. The fourth-order valence-electron chi connectivity index (χ4n) is 8.32. The van der Waals surface area contributed by atoms with Gasteiger partial charge in [0.15, 0.2) is 17.5 Å². The summed E-state index contributed by atoms with van der Waals surface area (Å²) in [6, 6.07) is 61.4. The molecule has 8 aromatic carbocycles. The summed E-state index contributed by atoms with van der Waals surface area (Å²) in [5.74, 6) is 1.63. The van der Waals surface area contributed by atoms with E-state index in [-0.39, 0.29) is 0 Å². The van der Waals surface area contributed by atoms with Crippen LogP contribution in [0, 0.1) is 0 Å². The number of nitrogens with zero attached hydrogens (tertiary/aromatic N) is 4. The minimum absolute atomic E-state index is 0.521. The Balaban J connectivity index is 1.14. The van der Waals surface area contributed by atoms with Crippen molar-refractivity contribution in [3.8, 4) is 34.2 Å². The van der Waals surface area contributed by atoms with Crippen LogP contribution in [0.5, 0.6) is 0 Å². The Labute approximate surface area is 331 Å². The minimum atomic E-state index is 0.521. The lowest BCUT2D eigenvalue weighted by Crippen LogP contribution is -2.10. The zero-order valence-electron chi connectivity index (χ0n) is 30.8. The van der Waals surface area contributed by atoms with Crippen LogP contribution in [0.3, 0.4) is 0 Å².